The lowest BCUT2D eigenvalue weighted by Crippen LogP contribution is -2.59. The maximum Gasteiger partial charge on any atom is 0.408 e. The van der Waals surface area contributed by atoms with Crippen molar-refractivity contribution in [2.75, 3.05) is 6.54 Å². The maximum absolute atomic E-state index is 12.0. The van der Waals surface area contributed by atoms with Crippen LogP contribution in [-0.2, 0) is 4.74 Å². The molecular weight excluding hydrogens is 254 g/mol. The quantitative estimate of drug-likeness (QED) is 0.699. The molecule has 0 aliphatic heterocycles. The van der Waals surface area contributed by atoms with E-state index in [4.69, 9.17) is 10.5 Å². The summed E-state index contributed by atoms with van der Waals surface area (Å²) in [4.78, 5) is 12.0. The first-order valence-corrected chi connectivity index (χ1v) is 7.70. The van der Waals surface area contributed by atoms with E-state index in [2.05, 4.69) is 24.5 Å². The van der Waals surface area contributed by atoms with Gasteiger partial charge in [-0.2, -0.15) is 0 Å². The molecule has 1 rings (SSSR count). The molecule has 118 valence electrons. The van der Waals surface area contributed by atoms with Crippen molar-refractivity contribution in [2.24, 2.45) is 5.73 Å². The fourth-order valence-electron chi connectivity index (χ4n) is 2.41. The summed E-state index contributed by atoms with van der Waals surface area (Å²) in [6, 6.07) is 0.826. The number of nitrogens with two attached hydrogens (primary N) is 1. The second-order valence-electron chi connectivity index (χ2n) is 6.92. The average Bonchev–Trinajstić information content (AvgIpc) is 2.29. The number of carbonyl (C=O) groups excluding carboxylic acids is 1. The van der Waals surface area contributed by atoms with Gasteiger partial charge in [0.1, 0.15) is 5.60 Å². The van der Waals surface area contributed by atoms with Crippen LogP contribution in [0.15, 0.2) is 0 Å². The van der Waals surface area contributed by atoms with Crippen LogP contribution < -0.4 is 16.4 Å². The molecule has 5 nitrogen and oxygen atoms in total. The van der Waals surface area contributed by atoms with Crippen molar-refractivity contribution in [3.8, 4) is 0 Å². The van der Waals surface area contributed by atoms with Gasteiger partial charge in [0.2, 0.25) is 0 Å². The zero-order valence-electron chi connectivity index (χ0n) is 13.6. The summed E-state index contributed by atoms with van der Waals surface area (Å²) in [5.41, 5.74) is 5.08. The molecule has 0 radical (unpaired) electrons. The summed E-state index contributed by atoms with van der Waals surface area (Å²) in [7, 11) is 0. The molecule has 0 saturated heterocycles. The molecule has 20 heavy (non-hydrogen) atoms. The standard InChI is InChI=1S/C15H31N3O2/c1-6-15(7-2,10-17-12-8-11(16)9-12)18-13(19)20-14(3,4)5/h11-12,17H,6-10,16H2,1-5H3,(H,18,19). The summed E-state index contributed by atoms with van der Waals surface area (Å²) >= 11 is 0. The van der Waals surface area contributed by atoms with E-state index in [1.165, 1.54) is 0 Å². The molecule has 0 aromatic heterocycles. The second-order valence-corrected chi connectivity index (χ2v) is 6.92. The van der Waals surface area contributed by atoms with E-state index in [9.17, 15) is 4.79 Å². The highest BCUT2D eigenvalue weighted by Gasteiger charge is 2.33. The highest BCUT2D eigenvalue weighted by molar-refractivity contribution is 5.68. The van der Waals surface area contributed by atoms with Crippen LogP contribution in [0.2, 0.25) is 0 Å². The van der Waals surface area contributed by atoms with Gasteiger partial charge in [-0.15, -0.1) is 0 Å². The third-order valence-corrected chi connectivity index (χ3v) is 4.02. The van der Waals surface area contributed by atoms with E-state index in [0.717, 1.165) is 32.2 Å². The predicted molar refractivity (Wildman–Crippen MR) is 81.7 cm³/mol. The largest absolute Gasteiger partial charge is 0.444 e. The van der Waals surface area contributed by atoms with Crippen LogP contribution in [0, 0.1) is 0 Å². The molecular formula is C15H31N3O2. The molecule has 5 heteroatoms. The van der Waals surface area contributed by atoms with Crippen molar-refractivity contribution in [1.29, 1.82) is 0 Å². The van der Waals surface area contributed by atoms with Crippen LogP contribution in [0.5, 0.6) is 0 Å². The number of carbonyl (C=O) groups is 1. The van der Waals surface area contributed by atoms with Crippen molar-refractivity contribution in [3.05, 3.63) is 0 Å². The Morgan fingerprint density at radius 2 is 1.80 bits per heavy atom. The topological polar surface area (TPSA) is 76.4 Å². The summed E-state index contributed by atoms with van der Waals surface area (Å²) in [5, 5.41) is 6.56. The minimum atomic E-state index is -0.467. The van der Waals surface area contributed by atoms with Gasteiger partial charge in [-0.3, -0.25) is 0 Å². The highest BCUT2D eigenvalue weighted by Crippen LogP contribution is 2.21. The molecule has 0 atom stereocenters. The molecule has 1 amide bonds. The smallest absolute Gasteiger partial charge is 0.408 e. The van der Waals surface area contributed by atoms with Gasteiger partial charge in [0, 0.05) is 18.6 Å². The Hall–Kier alpha value is -0.810. The van der Waals surface area contributed by atoms with Crippen molar-refractivity contribution >= 4 is 6.09 Å². The Bertz CT molecular complexity index is 316. The molecule has 1 saturated carbocycles. The Morgan fingerprint density at radius 1 is 1.25 bits per heavy atom. The van der Waals surface area contributed by atoms with Crippen LogP contribution in [-0.4, -0.2) is 35.9 Å². The van der Waals surface area contributed by atoms with Crippen LogP contribution in [0.1, 0.15) is 60.3 Å². The number of amides is 1. The molecule has 4 N–H and O–H groups in total. The third kappa shape index (κ3) is 5.29. The Balaban J connectivity index is 2.50. The summed E-state index contributed by atoms with van der Waals surface area (Å²) in [5.74, 6) is 0. The summed E-state index contributed by atoms with van der Waals surface area (Å²) in [6.07, 6.45) is 3.45. The molecule has 0 spiro atoms. The number of ether oxygens (including phenoxy) is 1. The first kappa shape index (κ1) is 17.2. The first-order chi connectivity index (χ1) is 9.19. The van der Waals surface area contributed by atoms with Gasteiger partial charge in [0.15, 0.2) is 0 Å². The Kier molecular flexibility index (Phi) is 5.83. The Labute approximate surface area is 123 Å². The monoisotopic (exact) mass is 285 g/mol. The molecule has 1 fully saturated rings. The SMILES string of the molecule is CCC(CC)(CNC1CC(N)C1)NC(=O)OC(C)(C)C. The van der Waals surface area contributed by atoms with Crippen molar-refractivity contribution in [2.45, 2.75) is 83.5 Å². The molecule has 0 aromatic carbocycles. The van der Waals surface area contributed by atoms with E-state index >= 15 is 0 Å². The van der Waals surface area contributed by atoms with E-state index in [-0.39, 0.29) is 11.6 Å². The molecule has 0 bridgehead atoms. The van der Waals surface area contributed by atoms with Gasteiger partial charge in [0.25, 0.3) is 0 Å². The zero-order valence-corrected chi connectivity index (χ0v) is 13.6. The van der Waals surface area contributed by atoms with E-state index in [1.807, 2.05) is 20.8 Å². The van der Waals surface area contributed by atoms with Crippen molar-refractivity contribution < 1.29 is 9.53 Å². The van der Waals surface area contributed by atoms with E-state index < -0.39 is 5.60 Å². The fourth-order valence-corrected chi connectivity index (χ4v) is 2.41. The lowest BCUT2D eigenvalue weighted by Gasteiger charge is -2.39. The van der Waals surface area contributed by atoms with Gasteiger partial charge in [-0.25, -0.2) is 4.79 Å². The normalized spacial score (nSPS) is 23.1. The van der Waals surface area contributed by atoms with Gasteiger partial charge in [0.05, 0.1) is 5.54 Å². The fraction of sp³-hybridized carbons (Fsp3) is 0.933. The average molecular weight is 285 g/mol. The minimum Gasteiger partial charge on any atom is -0.444 e. The van der Waals surface area contributed by atoms with E-state index in [0.29, 0.717) is 12.1 Å². The summed E-state index contributed by atoms with van der Waals surface area (Å²) in [6.45, 7) is 10.6. The van der Waals surface area contributed by atoms with Crippen LogP contribution in [0.4, 0.5) is 4.79 Å². The van der Waals surface area contributed by atoms with Gasteiger partial charge < -0.3 is 21.1 Å². The second kappa shape index (κ2) is 6.76. The molecule has 0 aromatic rings. The van der Waals surface area contributed by atoms with Gasteiger partial charge in [-0.1, -0.05) is 13.8 Å². The third-order valence-electron chi connectivity index (χ3n) is 4.02. The predicted octanol–water partition coefficient (Wildman–Crippen LogP) is 2.15. The Morgan fingerprint density at radius 3 is 2.20 bits per heavy atom. The highest BCUT2D eigenvalue weighted by atomic mass is 16.6. The number of rotatable bonds is 6. The minimum absolute atomic E-state index is 0.248. The molecule has 1 aliphatic carbocycles. The van der Waals surface area contributed by atoms with Gasteiger partial charge >= 0.3 is 6.09 Å². The van der Waals surface area contributed by atoms with Crippen LogP contribution >= 0.6 is 0 Å². The molecule has 0 unspecified atom stereocenters. The molecule has 0 heterocycles. The number of alkyl carbamates (subject to hydrolysis) is 1. The number of hydrogen-bond acceptors (Lipinski definition) is 4. The molecule has 1 aliphatic rings. The lowest BCUT2D eigenvalue weighted by atomic mass is 9.86. The van der Waals surface area contributed by atoms with E-state index in [1.54, 1.807) is 0 Å². The van der Waals surface area contributed by atoms with Gasteiger partial charge in [-0.05, 0) is 46.5 Å². The van der Waals surface area contributed by atoms with Crippen LogP contribution in [0.25, 0.3) is 0 Å². The lowest BCUT2D eigenvalue weighted by molar-refractivity contribution is 0.0441. The maximum atomic E-state index is 12.0. The number of hydrogen-bond donors (Lipinski definition) is 3. The summed E-state index contributed by atoms with van der Waals surface area (Å²) < 4.78 is 5.36. The first-order valence-electron chi connectivity index (χ1n) is 7.70. The van der Waals surface area contributed by atoms with Crippen LogP contribution in [0.3, 0.4) is 0 Å². The zero-order chi connectivity index (χ0) is 15.4. The van der Waals surface area contributed by atoms with Crippen molar-refractivity contribution in [3.63, 3.8) is 0 Å². The number of nitrogens with one attached hydrogen (secondary N) is 2. The van der Waals surface area contributed by atoms with Crippen molar-refractivity contribution in [1.82, 2.24) is 10.6 Å².